The topological polar surface area (TPSA) is 51.2 Å². The second kappa shape index (κ2) is 3.29. The van der Waals surface area contributed by atoms with Crippen LogP contribution in [0.25, 0.3) is 0 Å². The number of amides is 1. The van der Waals surface area contributed by atoms with Crippen LogP contribution in [0.1, 0.15) is 17.7 Å². The number of hydrogen-bond donors (Lipinski definition) is 1. The van der Waals surface area contributed by atoms with E-state index in [0.717, 1.165) is 16.9 Å². The third kappa shape index (κ3) is 1.43. The SMILES string of the molecule is COc1nc(C)cc2c1CCC(=O)N2. The Bertz CT molecular complexity index is 388. The van der Waals surface area contributed by atoms with Gasteiger partial charge in [0.25, 0.3) is 0 Å². The molecular weight excluding hydrogens is 180 g/mol. The average molecular weight is 192 g/mol. The van der Waals surface area contributed by atoms with Crippen molar-refractivity contribution < 1.29 is 9.53 Å². The van der Waals surface area contributed by atoms with Gasteiger partial charge < -0.3 is 10.1 Å². The molecule has 1 amide bonds. The lowest BCUT2D eigenvalue weighted by Crippen LogP contribution is -2.20. The van der Waals surface area contributed by atoms with Gasteiger partial charge in [0.1, 0.15) is 0 Å². The molecule has 0 fully saturated rings. The number of hydrogen-bond acceptors (Lipinski definition) is 3. The zero-order chi connectivity index (χ0) is 10.1. The molecule has 0 unspecified atom stereocenters. The van der Waals surface area contributed by atoms with Crippen LogP contribution in [0.2, 0.25) is 0 Å². The molecule has 2 heterocycles. The van der Waals surface area contributed by atoms with Crippen molar-refractivity contribution in [3.8, 4) is 5.88 Å². The van der Waals surface area contributed by atoms with Crippen LogP contribution in [0.15, 0.2) is 6.07 Å². The van der Waals surface area contributed by atoms with Gasteiger partial charge in [-0.25, -0.2) is 4.98 Å². The van der Waals surface area contributed by atoms with Crippen LogP contribution < -0.4 is 10.1 Å². The Kier molecular flexibility index (Phi) is 2.11. The van der Waals surface area contributed by atoms with E-state index in [9.17, 15) is 4.79 Å². The highest BCUT2D eigenvalue weighted by molar-refractivity contribution is 5.94. The first kappa shape index (κ1) is 8.99. The Hall–Kier alpha value is -1.58. The summed E-state index contributed by atoms with van der Waals surface area (Å²) in [5.74, 6) is 0.685. The summed E-state index contributed by atoms with van der Waals surface area (Å²) in [4.78, 5) is 15.4. The monoisotopic (exact) mass is 192 g/mol. The van der Waals surface area contributed by atoms with E-state index in [1.165, 1.54) is 0 Å². The van der Waals surface area contributed by atoms with Gasteiger partial charge in [0, 0.05) is 17.7 Å². The number of nitrogens with one attached hydrogen (secondary N) is 1. The highest BCUT2D eigenvalue weighted by atomic mass is 16.5. The van der Waals surface area contributed by atoms with Gasteiger partial charge in [0.05, 0.1) is 12.8 Å². The Morgan fingerprint density at radius 2 is 2.29 bits per heavy atom. The Balaban J connectivity index is 2.51. The molecule has 4 heteroatoms. The van der Waals surface area contributed by atoms with Crippen molar-refractivity contribution in [1.29, 1.82) is 0 Å². The molecule has 4 nitrogen and oxygen atoms in total. The first-order chi connectivity index (χ1) is 6.70. The second-order valence-corrected chi connectivity index (χ2v) is 3.35. The molecule has 0 radical (unpaired) electrons. The van der Waals surface area contributed by atoms with Crippen molar-refractivity contribution in [2.24, 2.45) is 0 Å². The Morgan fingerprint density at radius 1 is 1.50 bits per heavy atom. The fourth-order valence-electron chi connectivity index (χ4n) is 1.64. The third-order valence-corrected chi connectivity index (χ3v) is 2.28. The van der Waals surface area contributed by atoms with Crippen molar-refractivity contribution in [2.45, 2.75) is 19.8 Å². The molecule has 1 aliphatic heterocycles. The van der Waals surface area contributed by atoms with Crippen molar-refractivity contribution >= 4 is 11.6 Å². The molecule has 2 rings (SSSR count). The van der Waals surface area contributed by atoms with Crippen LogP contribution in [0.5, 0.6) is 5.88 Å². The predicted molar refractivity (Wildman–Crippen MR) is 52.5 cm³/mol. The van der Waals surface area contributed by atoms with E-state index in [-0.39, 0.29) is 5.91 Å². The van der Waals surface area contributed by atoms with Gasteiger partial charge in [0.2, 0.25) is 11.8 Å². The smallest absolute Gasteiger partial charge is 0.224 e. The van der Waals surface area contributed by atoms with Crippen molar-refractivity contribution in [3.63, 3.8) is 0 Å². The molecule has 14 heavy (non-hydrogen) atoms. The van der Waals surface area contributed by atoms with Gasteiger partial charge in [-0.15, -0.1) is 0 Å². The number of aryl methyl sites for hydroxylation is 1. The van der Waals surface area contributed by atoms with E-state index in [1.807, 2.05) is 13.0 Å². The molecule has 0 spiro atoms. The zero-order valence-corrected chi connectivity index (χ0v) is 8.26. The molecule has 74 valence electrons. The minimum Gasteiger partial charge on any atom is -0.481 e. The standard InChI is InChI=1S/C10H12N2O2/c1-6-5-8-7(10(11-6)14-2)3-4-9(13)12-8/h5H,3-4H2,1-2H3,(H,12,13). The summed E-state index contributed by atoms with van der Waals surface area (Å²) in [6.45, 7) is 1.88. The van der Waals surface area contributed by atoms with E-state index >= 15 is 0 Å². The van der Waals surface area contributed by atoms with Gasteiger partial charge in [-0.3, -0.25) is 4.79 Å². The number of pyridine rings is 1. The van der Waals surface area contributed by atoms with Crippen LogP contribution >= 0.6 is 0 Å². The van der Waals surface area contributed by atoms with Crippen LogP contribution in [-0.4, -0.2) is 18.0 Å². The van der Waals surface area contributed by atoms with Crippen molar-refractivity contribution in [1.82, 2.24) is 4.98 Å². The first-order valence-corrected chi connectivity index (χ1v) is 4.55. The van der Waals surface area contributed by atoms with E-state index in [2.05, 4.69) is 10.3 Å². The van der Waals surface area contributed by atoms with Crippen LogP contribution in [0.4, 0.5) is 5.69 Å². The summed E-state index contributed by atoms with van der Waals surface area (Å²) in [5, 5.41) is 2.82. The summed E-state index contributed by atoms with van der Waals surface area (Å²) >= 11 is 0. The number of methoxy groups -OCH3 is 1. The minimum absolute atomic E-state index is 0.0603. The molecule has 0 saturated heterocycles. The van der Waals surface area contributed by atoms with Crippen LogP contribution in [0.3, 0.4) is 0 Å². The van der Waals surface area contributed by atoms with Gasteiger partial charge in [-0.05, 0) is 19.4 Å². The summed E-state index contributed by atoms with van der Waals surface area (Å²) in [7, 11) is 1.60. The molecule has 0 bridgehead atoms. The molecule has 1 aromatic rings. The maximum absolute atomic E-state index is 11.2. The molecule has 0 atom stereocenters. The Morgan fingerprint density at radius 3 is 3.00 bits per heavy atom. The van der Waals surface area contributed by atoms with Gasteiger partial charge in [0.15, 0.2) is 0 Å². The van der Waals surface area contributed by atoms with E-state index in [4.69, 9.17) is 4.74 Å². The molecule has 1 aliphatic rings. The van der Waals surface area contributed by atoms with E-state index in [0.29, 0.717) is 18.7 Å². The largest absolute Gasteiger partial charge is 0.481 e. The van der Waals surface area contributed by atoms with Crippen LogP contribution in [-0.2, 0) is 11.2 Å². The van der Waals surface area contributed by atoms with Gasteiger partial charge in [-0.1, -0.05) is 0 Å². The fourth-order valence-corrected chi connectivity index (χ4v) is 1.64. The highest BCUT2D eigenvalue weighted by Crippen LogP contribution is 2.29. The van der Waals surface area contributed by atoms with Crippen LogP contribution in [0, 0.1) is 6.92 Å². The minimum atomic E-state index is 0.0603. The number of aromatic nitrogens is 1. The maximum Gasteiger partial charge on any atom is 0.224 e. The number of fused-ring (bicyclic) bond motifs is 1. The highest BCUT2D eigenvalue weighted by Gasteiger charge is 2.19. The molecule has 1 N–H and O–H groups in total. The fraction of sp³-hybridized carbons (Fsp3) is 0.400. The molecule has 0 saturated carbocycles. The van der Waals surface area contributed by atoms with E-state index < -0.39 is 0 Å². The Labute approximate surface area is 82.3 Å². The lowest BCUT2D eigenvalue weighted by atomic mass is 10.0. The third-order valence-electron chi connectivity index (χ3n) is 2.28. The number of ether oxygens (including phenoxy) is 1. The lowest BCUT2D eigenvalue weighted by molar-refractivity contribution is -0.116. The van der Waals surface area contributed by atoms with Gasteiger partial charge >= 0.3 is 0 Å². The molecule has 0 aliphatic carbocycles. The van der Waals surface area contributed by atoms with Crippen molar-refractivity contribution in [2.75, 3.05) is 12.4 Å². The first-order valence-electron chi connectivity index (χ1n) is 4.55. The number of rotatable bonds is 1. The quantitative estimate of drug-likeness (QED) is 0.729. The normalized spacial score (nSPS) is 14.6. The van der Waals surface area contributed by atoms with Crippen molar-refractivity contribution in [3.05, 3.63) is 17.3 Å². The predicted octanol–water partition coefficient (Wildman–Crippen LogP) is 1.28. The molecule has 1 aromatic heterocycles. The lowest BCUT2D eigenvalue weighted by Gasteiger charge is -2.18. The summed E-state index contributed by atoms with van der Waals surface area (Å²) in [6.07, 6.45) is 1.21. The number of carbonyl (C=O) groups excluding carboxylic acids is 1. The molecular formula is C10H12N2O2. The summed E-state index contributed by atoms with van der Waals surface area (Å²) < 4.78 is 5.17. The number of carbonyl (C=O) groups is 1. The molecule has 0 aromatic carbocycles. The zero-order valence-electron chi connectivity index (χ0n) is 8.26. The number of anilines is 1. The number of nitrogens with zero attached hydrogens (tertiary/aromatic N) is 1. The second-order valence-electron chi connectivity index (χ2n) is 3.35. The summed E-state index contributed by atoms with van der Waals surface area (Å²) in [6, 6.07) is 1.87. The van der Waals surface area contributed by atoms with E-state index in [1.54, 1.807) is 7.11 Å². The summed E-state index contributed by atoms with van der Waals surface area (Å²) in [5.41, 5.74) is 2.69. The maximum atomic E-state index is 11.2. The average Bonchev–Trinajstić information content (AvgIpc) is 2.15. The van der Waals surface area contributed by atoms with Gasteiger partial charge in [-0.2, -0.15) is 0 Å².